The summed E-state index contributed by atoms with van der Waals surface area (Å²) in [6.07, 6.45) is 1.27. The van der Waals surface area contributed by atoms with Crippen molar-refractivity contribution in [3.63, 3.8) is 0 Å². The van der Waals surface area contributed by atoms with E-state index in [2.05, 4.69) is 6.07 Å². The molecule has 0 heterocycles. The molecular formula is C12H19NO3. The van der Waals surface area contributed by atoms with Crippen LogP contribution in [0.4, 0.5) is 0 Å². The lowest BCUT2D eigenvalue weighted by Crippen LogP contribution is -2.36. The van der Waals surface area contributed by atoms with E-state index in [0.717, 1.165) is 0 Å². The molecule has 4 heteroatoms. The molecule has 0 bridgehead atoms. The average Bonchev–Trinajstić information content (AvgIpc) is 2.09. The van der Waals surface area contributed by atoms with Gasteiger partial charge >= 0.3 is 5.97 Å². The molecule has 0 fully saturated rings. The van der Waals surface area contributed by atoms with Gasteiger partial charge in [-0.1, -0.05) is 0 Å². The smallest absolute Gasteiger partial charge is 0.303 e. The highest BCUT2D eigenvalue weighted by Crippen LogP contribution is 2.28. The highest BCUT2D eigenvalue weighted by atomic mass is 16.6. The Bertz CT molecular complexity index is 302. The summed E-state index contributed by atoms with van der Waals surface area (Å²) in [5.74, 6) is -0.386. The summed E-state index contributed by atoms with van der Waals surface area (Å²) in [5.41, 5.74) is -0.697. The monoisotopic (exact) mass is 225 g/mol. The van der Waals surface area contributed by atoms with Gasteiger partial charge in [0.2, 0.25) is 0 Å². The van der Waals surface area contributed by atoms with Gasteiger partial charge in [-0.2, -0.15) is 5.26 Å². The molecule has 0 aliphatic heterocycles. The summed E-state index contributed by atoms with van der Waals surface area (Å²) in [6.45, 7) is 6.41. The fraction of sp³-hybridized carbons (Fsp3) is 0.750. The number of hydrogen-bond donors (Lipinski definition) is 0. The summed E-state index contributed by atoms with van der Waals surface area (Å²) in [7, 11) is 0. The number of ketones is 1. The maximum absolute atomic E-state index is 10.9. The van der Waals surface area contributed by atoms with Crippen molar-refractivity contribution in [1.82, 2.24) is 0 Å². The van der Waals surface area contributed by atoms with Crippen LogP contribution in [-0.4, -0.2) is 17.4 Å². The van der Waals surface area contributed by atoms with Crippen molar-refractivity contribution in [2.75, 3.05) is 0 Å². The van der Waals surface area contributed by atoms with Crippen LogP contribution < -0.4 is 0 Å². The molecule has 0 aromatic heterocycles. The van der Waals surface area contributed by atoms with Crippen LogP contribution in [0.2, 0.25) is 0 Å². The molecule has 0 radical (unpaired) electrons. The highest BCUT2D eigenvalue weighted by molar-refractivity contribution is 5.75. The Hall–Kier alpha value is -1.37. The van der Waals surface area contributed by atoms with Crippen LogP contribution in [0.3, 0.4) is 0 Å². The Labute approximate surface area is 96.6 Å². The maximum atomic E-state index is 10.9. The highest BCUT2D eigenvalue weighted by Gasteiger charge is 2.32. The van der Waals surface area contributed by atoms with Crippen molar-refractivity contribution in [3.05, 3.63) is 0 Å². The van der Waals surface area contributed by atoms with E-state index >= 15 is 0 Å². The quantitative estimate of drug-likeness (QED) is 0.650. The van der Waals surface area contributed by atoms with E-state index in [1.54, 1.807) is 13.8 Å². The van der Waals surface area contributed by atoms with Gasteiger partial charge in [0.1, 0.15) is 11.4 Å². The van der Waals surface area contributed by atoms with Crippen molar-refractivity contribution in [2.24, 2.45) is 5.92 Å². The van der Waals surface area contributed by atoms with Gasteiger partial charge < -0.3 is 9.53 Å². The molecule has 0 aromatic rings. The minimum absolute atomic E-state index is 0.0848. The molecule has 0 aliphatic carbocycles. The zero-order valence-electron chi connectivity index (χ0n) is 10.4. The lowest BCUT2D eigenvalue weighted by Gasteiger charge is -2.32. The van der Waals surface area contributed by atoms with Gasteiger partial charge in [-0.15, -0.1) is 0 Å². The number of Topliss-reactive ketones (excluding diaryl/α,β-unsaturated/α-hetero) is 1. The van der Waals surface area contributed by atoms with E-state index in [9.17, 15) is 9.59 Å². The van der Waals surface area contributed by atoms with E-state index in [0.29, 0.717) is 12.8 Å². The van der Waals surface area contributed by atoms with Gasteiger partial charge in [0, 0.05) is 25.7 Å². The van der Waals surface area contributed by atoms with E-state index in [1.807, 2.05) is 0 Å². The Morgan fingerprint density at radius 1 is 1.38 bits per heavy atom. The predicted octanol–water partition coefficient (Wildman–Crippen LogP) is 2.23. The fourth-order valence-corrected chi connectivity index (χ4v) is 1.64. The first kappa shape index (κ1) is 14.6. The summed E-state index contributed by atoms with van der Waals surface area (Å²) < 4.78 is 5.18. The fourth-order valence-electron chi connectivity index (χ4n) is 1.64. The molecule has 0 N–H and O–H groups in total. The van der Waals surface area contributed by atoms with Crippen LogP contribution in [0, 0.1) is 17.2 Å². The molecule has 0 aliphatic rings. The summed E-state index contributed by atoms with van der Waals surface area (Å²) >= 11 is 0. The van der Waals surface area contributed by atoms with Crippen molar-refractivity contribution in [1.29, 1.82) is 5.26 Å². The van der Waals surface area contributed by atoms with Crippen LogP contribution in [0.15, 0.2) is 0 Å². The zero-order valence-corrected chi connectivity index (χ0v) is 10.4. The van der Waals surface area contributed by atoms with Crippen molar-refractivity contribution < 1.29 is 14.3 Å². The van der Waals surface area contributed by atoms with E-state index in [4.69, 9.17) is 10.00 Å². The van der Waals surface area contributed by atoms with Gasteiger partial charge in [0.25, 0.3) is 0 Å². The summed E-state index contributed by atoms with van der Waals surface area (Å²) in [4.78, 5) is 21.8. The largest absolute Gasteiger partial charge is 0.460 e. The zero-order chi connectivity index (χ0) is 12.8. The molecule has 0 spiro atoms. The average molecular weight is 225 g/mol. The predicted molar refractivity (Wildman–Crippen MR) is 59.5 cm³/mol. The number of ether oxygens (including phenoxy) is 1. The molecular weight excluding hydrogens is 206 g/mol. The Morgan fingerprint density at radius 3 is 2.31 bits per heavy atom. The van der Waals surface area contributed by atoms with Gasteiger partial charge in [0.05, 0.1) is 6.07 Å². The lowest BCUT2D eigenvalue weighted by molar-refractivity contribution is -0.159. The molecule has 0 saturated carbocycles. The van der Waals surface area contributed by atoms with E-state index in [-0.39, 0.29) is 24.1 Å². The Balaban J connectivity index is 4.55. The number of rotatable bonds is 6. The van der Waals surface area contributed by atoms with Gasteiger partial charge in [-0.05, 0) is 27.2 Å². The Kier molecular flexibility index (Phi) is 5.73. The molecule has 16 heavy (non-hydrogen) atoms. The second kappa shape index (κ2) is 6.26. The maximum Gasteiger partial charge on any atom is 0.303 e. The molecule has 90 valence electrons. The topological polar surface area (TPSA) is 67.2 Å². The minimum Gasteiger partial charge on any atom is -0.460 e. The van der Waals surface area contributed by atoms with Crippen LogP contribution >= 0.6 is 0 Å². The molecule has 4 nitrogen and oxygen atoms in total. The number of nitriles is 1. The third kappa shape index (κ3) is 5.50. The molecule has 1 unspecified atom stereocenters. The lowest BCUT2D eigenvalue weighted by atomic mass is 9.84. The van der Waals surface area contributed by atoms with Gasteiger partial charge in [0.15, 0.2) is 0 Å². The Morgan fingerprint density at radius 2 is 1.94 bits per heavy atom. The number of hydrogen-bond acceptors (Lipinski definition) is 4. The molecule has 0 aromatic carbocycles. The van der Waals surface area contributed by atoms with Crippen LogP contribution in [-0.2, 0) is 14.3 Å². The molecule has 0 rings (SSSR count). The number of nitrogens with zero attached hydrogens (tertiary/aromatic N) is 1. The number of carbonyl (C=O) groups excluding carboxylic acids is 2. The number of esters is 1. The molecule has 1 atom stereocenters. The minimum atomic E-state index is -0.697. The van der Waals surface area contributed by atoms with Crippen LogP contribution in [0.1, 0.15) is 47.0 Å². The van der Waals surface area contributed by atoms with Crippen molar-refractivity contribution in [2.45, 2.75) is 52.6 Å². The second-order valence-corrected chi connectivity index (χ2v) is 4.50. The molecule has 0 saturated heterocycles. The second-order valence-electron chi connectivity index (χ2n) is 4.50. The van der Waals surface area contributed by atoms with Crippen LogP contribution in [0.25, 0.3) is 0 Å². The first-order valence-corrected chi connectivity index (χ1v) is 5.35. The van der Waals surface area contributed by atoms with E-state index in [1.165, 1.54) is 13.8 Å². The third-order valence-electron chi connectivity index (χ3n) is 2.57. The van der Waals surface area contributed by atoms with Gasteiger partial charge in [-0.25, -0.2) is 0 Å². The molecule has 0 amide bonds. The standard InChI is InChI=1S/C12H19NO3/c1-9(14)5-6-11(7-8-13)12(3,4)16-10(2)15/h11H,5-7H2,1-4H3. The van der Waals surface area contributed by atoms with Gasteiger partial charge in [-0.3, -0.25) is 4.79 Å². The SMILES string of the molecule is CC(=O)CCC(CC#N)C(C)(C)OC(C)=O. The first-order chi connectivity index (χ1) is 7.29. The van der Waals surface area contributed by atoms with E-state index < -0.39 is 5.60 Å². The first-order valence-electron chi connectivity index (χ1n) is 5.35. The summed E-state index contributed by atoms with van der Waals surface area (Å²) in [5, 5.41) is 8.72. The van der Waals surface area contributed by atoms with Crippen LogP contribution in [0.5, 0.6) is 0 Å². The summed E-state index contributed by atoms with van der Waals surface area (Å²) in [6, 6.07) is 2.07. The number of carbonyl (C=O) groups is 2. The normalized spacial score (nSPS) is 12.7. The van der Waals surface area contributed by atoms with Crippen molar-refractivity contribution in [3.8, 4) is 6.07 Å². The van der Waals surface area contributed by atoms with Crippen molar-refractivity contribution >= 4 is 11.8 Å². The third-order valence-corrected chi connectivity index (χ3v) is 2.57.